The number of hydrogen-bond donors (Lipinski definition) is 2. The molecule has 1 aromatic carbocycles. The van der Waals surface area contributed by atoms with Crippen LogP contribution in [0.3, 0.4) is 0 Å². The first-order chi connectivity index (χ1) is 11.0. The van der Waals surface area contributed by atoms with Crippen molar-refractivity contribution in [1.29, 1.82) is 0 Å². The molecule has 1 aromatic rings. The largest absolute Gasteiger partial charge is 0.330 e. The first-order valence-corrected chi connectivity index (χ1v) is 9.45. The number of benzene rings is 1. The summed E-state index contributed by atoms with van der Waals surface area (Å²) in [6.45, 7) is 8.69. The fourth-order valence-corrected chi connectivity index (χ4v) is 3.21. The van der Waals surface area contributed by atoms with E-state index in [9.17, 15) is 0 Å². The van der Waals surface area contributed by atoms with Gasteiger partial charge in [-0.15, -0.1) is 0 Å². The highest BCUT2D eigenvalue weighted by molar-refractivity contribution is 5.23. The minimum absolute atomic E-state index is 0.373. The normalized spacial score (nSPS) is 13.3. The van der Waals surface area contributed by atoms with E-state index >= 15 is 0 Å². The molecule has 0 saturated heterocycles. The molecule has 4 N–H and O–H groups in total. The molecule has 0 bridgehead atoms. The van der Waals surface area contributed by atoms with E-state index in [2.05, 4.69) is 45.0 Å². The average molecular weight is 319 g/mol. The lowest BCUT2D eigenvalue weighted by molar-refractivity contribution is 0.289. The Bertz CT molecular complexity index is 408. The fraction of sp³-hybridized carbons (Fsp3) is 0.714. The molecule has 2 nitrogen and oxygen atoms in total. The van der Waals surface area contributed by atoms with Gasteiger partial charge in [0.05, 0.1) is 0 Å². The maximum Gasteiger partial charge on any atom is 0.0178 e. The second kappa shape index (κ2) is 10.8. The third-order valence-electron chi connectivity index (χ3n) is 4.91. The third-order valence-corrected chi connectivity index (χ3v) is 4.91. The van der Waals surface area contributed by atoms with Crippen molar-refractivity contribution in [2.24, 2.45) is 22.8 Å². The number of nitrogens with two attached hydrogens (primary N) is 2. The quantitative estimate of drug-likeness (QED) is 0.530. The zero-order valence-corrected chi connectivity index (χ0v) is 15.6. The van der Waals surface area contributed by atoms with Gasteiger partial charge in [0.2, 0.25) is 0 Å². The summed E-state index contributed by atoms with van der Waals surface area (Å²) in [5.41, 5.74) is 14.2. The Morgan fingerprint density at radius 3 is 2.09 bits per heavy atom. The Morgan fingerprint density at radius 1 is 0.870 bits per heavy atom. The van der Waals surface area contributed by atoms with Crippen LogP contribution in [0.15, 0.2) is 24.3 Å². The van der Waals surface area contributed by atoms with Gasteiger partial charge in [0.15, 0.2) is 0 Å². The molecular weight excluding hydrogens is 280 g/mol. The van der Waals surface area contributed by atoms with Crippen LogP contribution in [0, 0.1) is 11.3 Å². The van der Waals surface area contributed by atoms with Crippen LogP contribution < -0.4 is 11.5 Å². The van der Waals surface area contributed by atoms with Crippen molar-refractivity contribution in [2.75, 3.05) is 6.54 Å². The van der Waals surface area contributed by atoms with Crippen molar-refractivity contribution in [3.8, 4) is 0 Å². The second-order valence-electron chi connectivity index (χ2n) is 8.00. The molecule has 0 aliphatic heterocycles. The standard InChI is InChI=1S/C21H38N2/c1-18(8-6-4-5-7-15-22)13-14-21(2,3)16-19-9-11-20(17-23)12-10-19/h9-12,18H,4-8,13-17,22-23H2,1-3H3. The van der Waals surface area contributed by atoms with Crippen molar-refractivity contribution < 1.29 is 0 Å². The highest BCUT2D eigenvalue weighted by Crippen LogP contribution is 2.30. The van der Waals surface area contributed by atoms with Gasteiger partial charge in [0.25, 0.3) is 0 Å². The average Bonchev–Trinajstić information content (AvgIpc) is 2.53. The van der Waals surface area contributed by atoms with Crippen molar-refractivity contribution in [3.05, 3.63) is 35.4 Å². The van der Waals surface area contributed by atoms with Crippen molar-refractivity contribution >= 4 is 0 Å². The molecule has 0 aromatic heterocycles. The summed E-state index contributed by atoms with van der Waals surface area (Å²) in [5, 5.41) is 0. The second-order valence-corrected chi connectivity index (χ2v) is 8.00. The Labute approximate surface area is 144 Å². The van der Waals surface area contributed by atoms with E-state index in [0.717, 1.165) is 18.9 Å². The van der Waals surface area contributed by atoms with Gasteiger partial charge >= 0.3 is 0 Å². The van der Waals surface area contributed by atoms with Gasteiger partial charge in [-0.25, -0.2) is 0 Å². The van der Waals surface area contributed by atoms with E-state index in [4.69, 9.17) is 11.5 Å². The molecule has 1 rings (SSSR count). The van der Waals surface area contributed by atoms with Crippen LogP contribution in [0.2, 0.25) is 0 Å². The molecule has 2 heteroatoms. The Balaban J connectivity index is 2.27. The van der Waals surface area contributed by atoms with Crippen molar-refractivity contribution in [3.63, 3.8) is 0 Å². The van der Waals surface area contributed by atoms with Gasteiger partial charge < -0.3 is 11.5 Å². The summed E-state index contributed by atoms with van der Waals surface area (Å²) in [6, 6.07) is 8.81. The first kappa shape index (κ1) is 20.2. The SMILES string of the molecule is CC(CCCCCCN)CCC(C)(C)Cc1ccc(CN)cc1. The Hall–Kier alpha value is -0.860. The van der Waals surface area contributed by atoms with Crippen LogP contribution in [-0.2, 0) is 13.0 Å². The van der Waals surface area contributed by atoms with E-state index < -0.39 is 0 Å². The van der Waals surface area contributed by atoms with E-state index in [1.807, 2.05) is 0 Å². The maximum absolute atomic E-state index is 5.67. The molecule has 1 unspecified atom stereocenters. The van der Waals surface area contributed by atoms with E-state index in [1.54, 1.807) is 0 Å². The van der Waals surface area contributed by atoms with Gasteiger partial charge in [-0.1, -0.05) is 77.1 Å². The van der Waals surface area contributed by atoms with Crippen LogP contribution in [-0.4, -0.2) is 6.54 Å². The zero-order chi connectivity index (χ0) is 17.1. The molecule has 0 aliphatic rings. The molecule has 0 spiro atoms. The summed E-state index contributed by atoms with van der Waals surface area (Å²) in [6.07, 6.45) is 10.4. The lowest BCUT2D eigenvalue weighted by Crippen LogP contribution is -2.16. The Morgan fingerprint density at radius 2 is 1.48 bits per heavy atom. The lowest BCUT2D eigenvalue weighted by atomic mass is 9.79. The lowest BCUT2D eigenvalue weighted by Gasteiger charge is -2.26. The van der Waals surface area contributed by atoms with Gasteiger partial charge in [0.1, 0.15) is 0 Å². The highest BCUT2D eigenvalue weighted by atomic mass is 14.5. The van der Waals surface area contributed by atoms with Crippen LogP contribution in [0.5, 0.6) is 0 Å². The molecule has 0 fully saturated rings. The molecule has 1 atom stereocenters. The summed E-state index contributed by atoms with van der Waals surface area (Å²) in [4.78, 5) is 0. The monoisotopic (exact) mass is 318 g/mol. The molecule has 132 valence electrons. The summed E-state index contributed by atoms with van der Waals surface area (Å²) >= 11 is 0. The van der Waals surface area contributed by atoms with E-state index in [1.165, 1.54) is 56.1 Å². The van der Waals surface area contributed by atoms with E-state index in [0.29, 0.717) is 12.0 Å². The number of rotatable bonds is 12. The summed E-state index contributed by atoms with van der Waals surface area (Å²) in [5.74, 6) is 0.840. The third kappa shape index (κ3) is 9.12. The topological polar surface area (TPSA) is 52.0 Å². The van der Waals surface area contributed by atoms with Crippen LogP contribution in [0.4, 0.5) is 0 Å². The van der Waals surface area contributed by atoms with Gasteiger partial charge in [-0.3, -0.25) is 0 Å². The molecule has 0 saturated carbocycles. The molecular formula is C21H38N2. The molecule has 0 amide bonds. The molecule has 0 radical (unpaired) electrons. The first-order valence-electron chi connectivity index (χ1n) is 9.45. The highest BCUT2D eigenvalue weighted by Gasteiger charge is 2.19. The van der Waals surface area contributed by atoms with Crippen molar-refractivity contribution in [1.82, 2.24) is 0 Å². The predicted octanol–water partition coefficient (Wildman–Crippen LogP) is 5.04. The minimum Gasteiger partial charge on any atom is -0.330 e. The predicted molar refractivity (Wildman–Crippen MR) is 102 cm³/mol. The van der Waals surface area contributed by atoms with Crippen LogP contribution >= 0.6 is 0 Å². The smallest absolute Gasteiger partial charge is 0.0178 e. The Kier molecular flexibility index (Phi) is 9.50. The van der Waals surface area contributed by atoms with E-state index in [-0.39, 0.29) is 0 Å². The zero-order valence-electron chi connectivity index (χ0n) is 15.6. The molecule has 0 heterocycles. The molecule has 0 aliphatic carbocycles. The number of unbranched alkanes of at least 4 members (excludes halogenated alkanes) is 3. The van der Waals surface area contributed by atoms with Crippen molar-refractivity contribution in [2.45, 2.75) is 78.7 Å². The summed E-state index contributed by atoms with van der Waals surface area (Å²) in [7, 11) is 0. The van der Waals surface area contributed by atoms with Gasteiger partial charge in [-0.2, -0.15) is 0 Å². The number of hydrogen-bond acceptors (Lipinski definition) is 2. The molecule has 23 heavy (non-hydrogen) atoms. The fourth-order valence-electron chi connectivity index (χ4n) is 3.21. The minimum atomic E-state index is 0.373. The van der Waals surface area contributed by atoms with Crippen LogP contribution in [0.1, 0.15) is 76.8 Å². The maximum atomic E-state index is 5.67. The summed E-state index contributed by atoms with van der Waals surface area (Å²) < 4.78 is 0. The van der Waals surface area contributed by atoms with Crippen LogP contribution in [0.25, 0.3) is 0 Å². The van der Waals surface area contributed by atoms with Gasteiger partial charge in [0, 0.05) is 6.54 Å². The van der Waals surface area contributed by atoms with Gasteiger partial charge in [-0.05, 0) is 48.3 Å².